The number of nitrogen functional groups attached to an aromatic ring is 1. The van der Waals surface area contributed by atoms with Crippen molar-refractivity contribution in [1.82, 2.24) is 10.3 Å². The van der Waals surface area contributed by atoms with Gasteiger partial charge < -0.3 is 16.0 Å². The van der Waals surface area contributed by atoms with E-state index in [0.29, 0.717) is 18.8 Å². The molecule has 0 saturated carbocycles. The molecule has 0 aliphatic heterocycles. The monoisotopic (exact) mass is 350 g/mol. The Morgan fingerprint density at radius 2 is 2.19 bits per heavy atom. The molecule has 6 heteroatoms. The molecule has 2 aromatic rings. The molecule has 0 bridgehead atoms. The highest BCUT2D eigenvalue weighted by Crippen LogP contribution is 2.33. The highest BCUT2D eigenvalue weighted by Gasteiger charge is 2.16. The summed E-state index contributed by atoms with van der Waals surface area (Å²) in [7, 11) is 0. The molecule has 112 valence electrons. The van der Waals surface area contributed by atoms with Crippen LogP contribution < -0.4 is 16.0 Å². The highest BCUT2D eigenvalue weighted by atomic mass is 79.9. The van der Waals surface area contributed by atoms with E-state index in [1.54, 1.807) is 6.20 Å². The van der Waals surface area contributed by atoms with E-state index in [0.717, 1.165) is 21.1 Å². The molecule has 0 aliphatic rings. The standard InChI is InChI=1S/C15H19BrN4O/c1-3-18-14(21)9-20(4-2)15-11-7-10(16)5-6-13(11)19-8-12(15)17/h5-8H,3-4,9,17H2,1-2H3,(H,18,21). The lowest BCUT2D eigenvalue weighted by molar-refractivity contribution is -0.119. The van der Waals surface area contributed by atoms with Crippen molar-refractivity contribution in [3.05, 3.63) is 28.9 Å². The first kappa shape index (κ1) is 15.6. The number of amides is 1. The Bertz CT molecular complexity index is 654. The van der Waals surface area contributed by atoms with Gasteiger partial charge in [0.05, 0.1) is 29.6 Å². The van der Waals surface area contributed by atoms with Crippen molar-refractivity contribution in [2.75, 3.05) is 30.3 Å². The predicted molar refractivity (Wildman–Crippen MR) is 90.4 cm³/mol. The van der Waals surface area contributed by atoms with Crippen molar-refractivity contribution in [3.8, 4) is 0 Å². The maximum absolute atomic E-state index is 11.9. The van der Waals surface area contributed by atoms with E-state index in [-0.39, 0.29) is 12.5 Å². The first-order valence-electron chi connectivity index (χ1n) is 6.92. The number of likely N-dealkylation sites (N-methyl/N-ethyl adjacent to an activating group) is 2. The Hall–Kier alpha value is -1.82. The van der Waals surface area contributed by atoms with Crippen molar-refractivity contribution in [2.45, 2.75) is 13.8 Å². The minimum Gasteiger partial charge on any atom is -0.396 e. The van der Waals surface area contributed by atoms with E-state index in [4.69, 9.17) is 5.73 Å². The Morgan fingerprint density at radius 1 is 1.43 bits per heavy atom. The second kappa shape index (κ2) is 6.76. The van der Waals surface area contributed by atoms with Gasteiger partial charge in [-0.1, -0.05) is 15.9 Å². The maximum atomic E-state index is 11.9. The zero-order valence-electron chi connectivity index (χ0n) is 12.2. The number of nitrogens with one attached hydrogen (secondary N) is 1. The number of anilines is 2. The molecule has 0 radical (unpaired) electrons. The van der Waals surface area contributed by atoms with Gasteiger partial charge in [0.25, 0.3) is 0 Å². The minimum atomic E-state index is -0.0151. The zero-order valence-corrected chi connectivity index (χ0v) is 13.8. The summed E-state index contributed by atoms with van der Waals surface area (Å²) >= 11 is 3.47. The lowest BCUT2D eigenvalue weighted by Crippen LogP contribution is -2.37. The van der Waals surface area contributed by atoms with Gasteiger partial charge >= 0.3 is 0 Å². The summed E-state index contributed by atoms with van der Waals surface area (Å²) in [4.78, 5) is 18.2. The largest absolute Gasteiger partial charge is 0.396 e. The van der Waals surface area contributed by atoms with Crippen LogP contribution in [0, 0.1) is 0 Å². The van der Waals surface area contributed by atoms with Crippen LogP contribution in [0.4, 0.5) is 11.4 Å². The number of benzene rings is 1. The first-order valence-corrected chi connectivity index (χ1v) is 7.71. The molecule has 0 atom stereocenters. The third-order valence-electron chi connectivity index (χ3n) is 3.24. The number of fused-ring (bicyclic) bond motifs is 1. The molecule has 0 unspecified atom stereocenters. The van der Waals surface area contributed by atoms with Gasteiger partial charge in [-0.25, -0.2) is 0 Å². The number of aromatic nitrogens is 1. The van der Waals surface area contributed by atoms with Gasteiger partial charge in [-0.2, -0.15) is 0 Å². The van der Waals surface area contributed by atoms with Crippen LogP contribution in [0.3, 0.4) is 0 Å². The lowest BCUT2D eigenvalue weighted by atomic mass is 10.1. The number of nitrogens with zero attached hydrogens (tertiary/aromatic N) is 2. The number of carbonyl (C=O) groups is 1. The summed E-state index contributed by atoms with van der Waals surface area (Å²) in [6, 6.07) is 5.85. The minimum absolute atomic E-state index is 0.0151. The van der Waals surface area contributed by atoms with Crippen LogP contribution in [-0.4, -0.2) is 30.5 Å². The van der Waals surface area contributed by atoms with Gasteiger partial charge in [0.1, 0.15) is 0 Å². The van der Waals surface area contributed by atoms with Gasteiger partial charge in [-0.3, -0.25) is 9.78 Å². The van der Waals surface area contributed by atoms with Gasteiger partial charge in [-0.05, 0) is 32.0 Å². The number of nitrogens with two attached hydrogens (primary N) is 1. The molecule has 3 N–H and O–H groups in total. The molecule has 21 heavy (non-hydrogen) atoms. The first-order chi connectivity index (χ1) is 10.1. The Balaban J connectivity index is 2.49. The summed E-state index contributed by atoms with van der Waals surface area (Å²) in [6.07, 6.45) is 1.64. The van der Waals surface area contributed by atoms with E-state index in [2.05, 4.69) is 26.2 Å². The molecule has 0 saturated heterocycles. The maximum Gasteiger partial charge on any atom is 0.239 e. The molecule has 1 amide bonds. The summed E-state index contributed by atoms with van der Waals surface area (Å²) in [5.74, 6) is -0.0151. The quantitative estimate of drug-likeness (QED) is 0.869. The van der Waals surface area contributed by atoms with Gasteiger partial charge in [0.2, 0.25) is 5.91 Å². The van der Waals surface area contributed by atoms with Crippen molar-refractivity contribution in [2.24, 2.45) is 0 Å². The van der Waals surface area contributed by atoms with Gasteiger partial charge in [0.15, 0.2) is 0 Å². The summed E-state index contributed by atoms with van der Waals surface area (Å²) in [6.45, 7) is 5.49. The second-order valence-corrected chi connectivity index (χ2v) is 5.61. The topological polar surface area (TPSA) is 71.2 Å². The van der Waals surface area contributed by atoms with Crippen LogP contribution in [0.15, 0.2) is 28.9 Å². The normalized spacial score (nSPS) is 10.6. The molecule has 2 rings (SSSR count). The fourth-order valence-electron chi connectivity index (χ4n) is 2.29. The summed E-state index contributed by atoms with van der Waals surface area (Å²) < 4.78 is 0.956. The average molecular weight is 351 g/mol. The average Bonchev–Trinajstić information content (AvgIpc) is 2.45. The van der Waals surface area contributed by atoms with Crippen molar-refractivity contribution in [1.29, 1.82) is 0 Å². The van der Waals surface area contributed by atoms with E-state index in [1.165, 1.54) is 0 Å². The molecular weight excluding hydrogens is 332 g/mol. The SMILES string of the molecule is CCNC(=O)CN(CC)c1c(N)cnc2ccc(Br)cc12. The molecule has 0 spiro atoms. The van der Waals surface area contributed by atoms with Crippen LogP contribution in [0.5, 0.6) is 0 Å². The molecule has 5 nitrogen and oxygen atoms in total. The predicted octanol–water partition coefficient (Wildman–Crippen LogP) is 2.54. The third-order valence-corrected chi connectivity index (χ3v) is 3.73. The van der Waals surface area contributed by atoms with Crippen LogP contribution in [0.1, 0.15) is 13.8 Å². The fourth-order valence-corrected chi connectivity index (χ4v) is 2.66. The second-order valence-electron chi connectivity index (χ2n) is 4.69. The van der Waals surface area contributed by atoms with Crippen LogP contribution in [0.2, 0.25) is 0 Å². The molecule has 0 aliphatic carbocycles. The molecule has 1 aromatic carbocycles. The van der Waals surface area contributed by atoms with E-state index in [9.17, 15) is 4.79 Å². The van der Waals surface area contributed by atoms with Gasteiger partial charge in [-0.15, -0.1) is 0 Å². The van der Waals surface area contributed by atoms with Crippen LogP contribution in [0.25, 0.3) is 10.9 Å². The van der Waals surface area contributed by atoms with Crippen molar-refractivity contribution in [3.63, 3.8) is 0 Å². The lowest BCUT2D eigenvalue weighted by Gasteiger charge is -2.25. The number of pyridine rings is 1. The summed E-state index contributed by atoms with van der Waals surface area (Å²) in [5.41, 5.74) is 8.40. The molecule has 0 fully saturated rings. The number of halogens is 1. The van der Waals surface area contributed by atoms with Crippen LogP contribution in [-0.2, 0) is 4.79 Å². The molecular formula is C15H19BrN4O. The third kappa shape index (κ3) is 3.44. The Kier molecular flexibility index (Phi) is 5.01. The van der Waals surface area contributed by atoms with E-state index in [1.807, 2.05) is 36.9 Å². The smallest absolute Gasteiger partial charge is 0.239 e. The number of rotatable bonds is 5. The number of hydrogen-bond acceptors (Lipinski definition) is 4. The number of hydrogen-bond donors (Lipinski definition) is 2. The van der Waals surface area contributed by atoms with Crippen LogP contribution >= 0.6 is 15.9 Å². The Morgan fingerprint density at radius 3 is 2.86 bits per heavy atom. The van der Waals surface area contributed by atoms with Gasteiger partial charge in [0, 0.05) is 22.9 Å². The van der Waals surface area contributed by atoms with Crippen molar-refractivity contribution < 1.29 is 4.79 Å². The van der Waals surface area contributed by atoms with E-state index < -0.39 is 0 Å². The Labute approximate surface area is 132 Å². The summed E-state index contributed by atoms with van der Waals surface area (Å²) in [5, 5.41) is 3.75. The van der Waals surface area contributed by atoms with Crippen molar-refractivity contribution >= 4 is 44.1 Å². The fraction of sp³-hybridized carbons (Fsp3) is 0.333. The zero-order chi connectivity index (χ0) is 15.4. The number of carbonyl (C=O) groups excluding carboxylic acids is 1. The molecule has 1 heterocycles. The highest BCUT2D eigenvalue weighted by molar-refractivity contribution is 9.10. The molecule has 1 aromatic heterocycles. The van der Waals surface area contributed by atoms with E-state index >= 15 is 0 Å².